The number of rotatable bonds is 7. The zero-order valence-electron chi connectivity index (χ0n) is 8.82. The van der Waals surface area contributed by atoms with Gasteiger partial charge in [-0.05, 0) is 0 Å². The van der Waals surface area contributed by atoms with Gasteiger partial charge in [0.15, 0.2) is 11.7 Å². The minimum Gasteiger partial charge on any atom is -0.476 e. The molecule has 1 rings (SSSR count). The molecule has 0 fully saturated rings. The van der Waals surface area contributed by atoms with E-state index < -0.39 is 24.2 Å². The molecule has 0 unspecified atom stereocenters. The van der Waals surface area contributed by atoms with Crippen LogP contribution < -0.4 is 11.1 Å². The molecule has 9 nitrogen and oxygen atoms in total. The summed E-state index contributed by atoms with van der Waals surface area (Å²) in [6.07, 6.45) is 0.407. The molecule has 0 aliphatic rings. The molecule has 0 atom stereocenters. The normalized spacial score (nSPS) is 10.8. The van der Waals surface area contributed by atoms with E-state index in [9.17, 15) is 14.4 Å². The van der Waals surface area contributed by atoms with Crippen molar-refractivity contribution in [1.82, 2.24) is 4.98 Å². The van der Waals surface area contributed by atoms with Gasteiger partial charge in [-0.15, -0.1) is 11.3 Å². The van der Waals surface area contributed by atoms with Crippen LogP contribution in [0, 0.1) is 0 Å². The molecule has 0 spiro atoms. The molecule has 0 radical (unpaired) electrons. The Hall–Kier alpha value is -2.49. The van der Waals surface area contributed by atoms with Crippen molar-refractivity contribution in [3.8, 4) is 0 Å². The third-order valence-electron chi connectivity index (χ3n) is 1.49. The van der Waals surface area contributed by atoms with Crippen molar-refractivity contribution < 1.29 is 24.3 Å². The summed E-state index contributed by atoms with van der Waals surface area (Å²) in [6.45, 7) is -0.541. The second-order valence-electron chi connectivity index (χ2n) is 2.78. The van der Waals surface area contributed by atoms with Crippen LogP contribution in [0.25, 0.3) is 0 Å². The smallest absolute Gasteiger partial charge is 0.360 e. The van der Waals surface area contributed by atoms with Gasteiger partial charge in [0.2, 0.25) is 12.1 Å². The zero-order valence-corrected chi connectivity index (χ0v) is 9.64. The number of oxime groups is 1. The van der Waals surface area contributed by atoms with E-state index in [0.717, 1.165) is 11.3 Å². The molecular formula is C8H8N4O5S. The van der Waals surface area contributed by atoms with Gasteiger partial charge in [-0.2, -0.15) is 0 Å². The predicted molar refractivity (Wildman–Crippen MR) is 61.1 cm³/mol. The SMILES string of the molecule is NC(=O)CO/N=C(/C(=O)O)c1csc(NC=O)n1. The lowest BCUT2D eigenvalue weighted by atomic mass is 10.3. The highest BCUT2D eigenvalue weighted by Crippen LogP contribution is 2.15. The van der Waals surface area contributed by atoms with Crippen LogP contribution in [0.2, 0.25) is 0 Å². The summed E-state index contributed by atoms with van der Waals surface area (Å²) in [5.74, 6) is -2.17. The van der Waals surface area contributed by atoms with Crippen LogP contribution in [-0.2, 0) is 19.2 Å². The zero-order chi connectivity index (χ0) is 13.5. The molecule has 0 aromatic carbocycles. The monoisotopic (exact) mass is 272 g/mol. The number of thiazole rings is 1. The van der Waals surface area contributed by atoms with E-state index in [0.29, 0.717) is 6.41 Å². The molecule has 0 saturated heterocycles. The third kappa shape index (κ3) is 3.83. The van der Waals surface area contributed by atoms with E-state index in [4.69, 9.17) is 10.8 Å². The van der Waals surface area contributed by atoms with Gasteiger partial charge in [0.05, 0.1) is 0 Å². The van der Waals surface area contributed by atoms with E-state index in [-0.39, 0.29) is 10.8 Å². The number of hydrogen-bond acceptors (Lipinski definition) is 7. The summed E-state index contributed by atoms with van der Waals surface area (Å²) >= 11 is 1.01. The highest BCUT2D eigenvalue weighted by atomic mass is 32.1. The summed E-state index contributed by atoms with van der Waals surface area (Å²) in [5.41, 5.74) is 4.30. The number of carboxylic acid groups (broad SMARTS) is 1. The molecule has 0 bridgehead atoms. The fourth-order valence-electron chi connectivity index (χ4n) is 0.855. The Kier molecular flexibility index (Phi) is 4.75. The number of aliphatic carboxylic acids is 1. The summed E-state index contributed by atoms with van der Waals surface area (Å²) in [6, 6.07) is 0. The Balaban J connectivity index is 2.86. The first-order chi connectivity index (χ1) is 8.54. The van der Waals surface area contributed by atoms with Crippen molar-refractivity contribution in [2.45, 2.75) is 0 Å². The highest BCUT2D eigenvalue weighted by Gasteiger charge is 2.17. The fourth-order valence-corrected chi connectivity index (χ4v) is 1.51. The van der Waals surface area contributed by atoms with E-state index in [1.165, 1.54) is 5.38 Å². The van der Waals surface area contributed by atoms with Crippen molar-refractivity contribution in [1.29, 1.82) is 0 Å². The first kappa shape index (κ1) is 13.6. The molecule has 0 saturated carbocycles. The maximum absolute atomic E-state index is 10.9. The second-order valence-corrected chi connectivity index (χ2v) is 3.64. The summed E-state index contributed by atoms with van der Waals surface area (Å²) < 4.78 is 0. The van der Waals surface area contributed by atoms with Crippen molar-refractivity contribution >= 4 is 40.5 Å². The van der Waals surface area contributed by atoms with Crippen LogP contribution in [0.15, 0.2) is 10.5 Å². The van der Waals surface area contributed by atoms with Gasteiger partial charge < -0.3 is 21.0 Å². The molecule has 18 heavy (non-hydrogen) atoms. The maximum Gasteiger partial charge on any atom is 0.360 e. The second kappa shape index (κ2) is 6.30. The third-order valence-corrected chi connectivity index (χ3v) is 2.27. The summed E-state index contributed by atoms with van der Waals surface area (Å²) in [5, 5.41) is 16.0. The van der Waals surface area contributed by atoms with Gasteiger partial charge in [-0.25, -0.2) is 9.78 Å². The number of amides is 2. The summed E-state index contributed by atoms with van der Waals surface area (Å²) in [4.78, 5) is 39.7. The van der Waals surface area contributed by atoms with Crippen LogP contribution in [0.5, 0.6) is 0 Å². The lowest BCUT2D eigenvalue weighted by molar-refractivity contribution is -0.130. The Bertz CT molecular complexity index is 497. The van der Waals surface area contributed by atoms with Crippen LogP contribution in [0.3, 0.4) is 0 Å². The lowest BCUT2D eigenvalue weighted by Gasteiger charge is -1.98. The van der Waals surface area contributed by atoms with Crippen molar-refractivity contribution in [3.63, 3.8) is 0 Å². The van der Waals surface area contributed by atoms with E-state index in [1.807, 2.05) is 0 Å². The van der Waals surface area contributed by atoms with E-state index in [1.54, 1.807) is 0 Å². The molecule has 1 heterocycles. The van der Waals surface area contributed by atoms with Gasteiger partial charge >= 0.3 is 5.97 Å². The number of carbonyl (C=O) groups is 3. The van der Waals surface area contributed by atoms with E-state index >= 15 is 0 Å². The van der Waals surface area contributed by atoms with E-state index in [2.05, 4.69) is 20.3 Å². The number of nitrogens with one attached hydrogen (secondary N) is 1. The largest absolute Gasteiger partial charge is 0.476 e. The molecule has 10 heteroatoms. The van der Waals surface area contributed by atoms with Gasteiger partial charge in [0, 0.05) is 5.38 Å². The standard InChI is InChI=1S/C8H8N4O5S/c9-5(14)1-17-12-6(7(15)16)4-2-18-8(11-4)10-3-13/h2-3H,1H2,(H2,9,14)(H,15,16)(H,10,11,13)/b12-6+. The van der Waals surface area contributed by atoms with Crippen LogP contribution in [0.4, 0.5) is 5.13 Å². The van der Waals surface area contributed by atoms with Crippen LogP contribution in [-0.4, -0.2) is 40.7 Å². The first-order valence-corrected chi connectivity index (χ1v) is 5.30. The number of aromatic nitrogens is 1. The molecule has 1 aromatic rings. The molecule has 1 aromatic heterocycles. The van der Waals surface area contributed by atoms with Crippen LogP contribution >= 0.6 is 11.3 Å². The van der Waals surface area contributed by atoms with Gasteiger partial charge in [0.25, 0.3) is 5.91 Å². The molecule has 4 N–H and O–H groups in total. The number of carboxylic acids is 1. The Morgan fingerprint density at radius 3 is 2.94 bits per heavy atom. The minimum absolute atomic E-state index is 0.00122. The maximum atomic E-state index is 10.9. The average molecular weight is 272 g/mol. The molecule has 96 valence electrons. The Morgan fingerprint density at radius 1 is 1.67 bits per heavy atom. The van der Waals surface area contributed by atoms with Gasteiger partial charge in [-0.3, -0.25) is 9.59 Å². The number of nitrogens with zero attached hydrogens (tertiary/aromatic N) is 2. The number of nitrogens with two attached hydrogens (primary N) is 1. The predicted octanol–water partition coefficient (Wildman–Crippen LogP) is -0.998. The molecule has 0 aliphatic heterocycles. The number of carbonyl (C=O) groups excluding carboxylic acids is 2. The lowest BCUT2D eigenvalue weighted by Crippen LogP contribution is -2.19. The minimum atomic E-state index is -1.39. The number of anilines is 1. The van der Waals surface area contributed by atoms with Crippen molar-refractivity contribution in [2.24, 2.45) is 10.9 Å². The van der Waals surface area contributed by atoms with Crippen molar-refractivity contribution in [2.75, 3.05) is 11.9 Å². The average Bonchev–Trinajstić information content (AvgIpc) is 2.72. The van der Waals surface area contributed by atoms with Gasteiger partial charge in [-0.1, -0.05) is 5.16 Å². The Labute approximate surface area is 104 Å². The van der Waals surface area contributed by atoms with Crippen molar-refractivity contribution in [3.05, 3.63) is 11.1 Å². The molecule has 2 amide bonds. The first-order valence-electron chi connectivity index (χ1n) is 4.42. The fraction of sp³-hybridized carbons (Fsp3) is 0.125. The number of primary amides is 1. The Morgan fingerprint density at radius 2 is 2.39 bits per heavy atom. The quantitative estimate of drug-likeness (QED) is 0.330. The summed E-state index contributed by atoms with van der Waals surface area (Å²) in [7, 11) is 0. The van der Waals surface area contributed by atoms with Crippen LogP contribution in [0.1, 0.15) is 5.69 Å². The van der Waals surface area contributed by atoms with Gasteiger partial charge in [0.1, 0.15) is 5.69 Å². The number of hydrogen-bond donors (Lipinski definition) is 3. The molecular weight excluding hydrogens is 264 g/mol. The topological polar surface area (TPSA) is 144 Å². The highest BCUT2D eigenvalue weighted by molar-refractivity contribution is 7.14. The molecule has 0 aliphatic carbocycles.